The molecule has 7 heteroatoms. The molecular weight excluding hydrogens is 281 g/mol. The van der Waals surface area contributed by atoms with E-state index in [0.717, 1.165) is 18.4 Å². The molecule has 1 atom stereocenters. The van der Waals surface area contributed by atoms with E-state index in [0.29, 0.717) is 5.92 Å². The van der Waals surface area contributed by atoms with Gasteiger partial charge in [-0.3, -0.25) is 0 Å². The van der Waals surface area contributed by atoms with Crippen LogP contribution in [0, 0.1) is 5.92 Å². The second kappa shape index (κ2) is 5.81. The molecule has 0 aliphatic carbocycles. The van der Waals surface area contributed by atoms with Gasteiger partial charge in [-0.25, -0.2) is 0 Å². The standard InChI is InChI=1S/C12H15F3O3S/c1-3-9(2)8-10-4-6-11(7-5-10)18-19(16,17)12(13,14)15/h4-7,9H,3,8H2,1-2H3. The van der Waals surface area contributed by atoms with Gasteiger partial charge >= 0.3 is 15.6 Å². The van der Waals surface area contributed by atoms with Gasteiger partial charge in [-0.15, -0.1) is 0 Å². The second-order valence-corrected chi connectivity index (χ2v) is 5.88. The van der Waals surface area contributed by atoms with E-state index in [1.807, 2.05) is 6.92 Å². The summed E-state index contributed by atoms with van der Waals surface area (Å²) in [7, 11) is -5.59. The Morgan fingerprint density at radius 3 is 2.16 bits per heavy atom. The van der Waals surface area contributed by atoms with Crippen molar-refractivity contribution in [2.45, 2.75) is 32.2 Å². The molecule has 19 heavy (non-hydrogen) atoms. The third-order valence-corrected chi connectivity index (χ3v) is 3.67. The number of halogens is 3. The van der Waals surface area contributed by atoms with Crippen molar-refractivity contribution < 1.29 is 25.8 Å². The third kappa shape index (κ3) is 4.41. The van der Waals surface area contributed by atoms with Crippen molar-refractivity contribution in [3.63, 3.8) is 0 Å². The van der Waals surface area contributed by atoms with E-state index in [1.54, 1.807) is 12.1 Å². The van der Waals surface area contributed by atoms with Crippen LogP contribution in [-0.2, 0) is 16.5 Å². The van der Waals surface area contributed by atoms with Gasteiger partial charge in [-0.2, -0.15) is 21.6 Å². The van der Waals surface area contributed by atoms with Crippen LogP contribution >= 0.6 is 0 Å². The topological polar surface area (TPSA) is 43.4 Å². The van der Waals surface area contributed by atoms with Crippen molar-refractivity contribution in [2.24, 2.45) is 5.92 Å². The first-order chi connectivity index (χ1) is 8.65. The summed E-state index contributed by atoms with van der Waals surface area (Å²) >= 11 is 0. The third-order valence-electron chi connectivity index (χ3n) is 2.69. The van der Waals surface area contributed by atoms with Crippen LogP contribution in [0.1, 0.15) is 25.8 Å². The van der Waals surface area contributed by atoms with E-state index in [4.69, 9.17) is 0 Å². The second-order valence-electron chi connectivity index (χ2n) is 4.34. The molecule has 0 bridgehead atoms. The number of hydrogen-bond donors (Lipinski definition) is 0. The Labute approximate surface area is 110 Å². The summed E-state index contributed by atoms with van der Waals surface area (Å²) in [6, 6.07) is 5.57. The molecule has 3 nitrogen and oxygen atoms in total. The Hall–Kier alpha value is -1.24. The molecule has 0 spiro atoms. The van der Waals surface area contributed by atoms with Crippen molar-refractivity contribution in [1.29, 1.82) is 0 Å². The average molecular weight is 296 g/mol. The van der Waals surface area contributed by atoms with E-state index in [1.165, 1.54) is 12.1 Å². The molecule has 1 aromatic rings. The van der Waals surface area contributed by atoms with E-state index in [-0.39, 0.29) is 5.75 Å². The molecule has 0 saturated carbocycles. The Balaban J connectivity index is 2.78. The van der Waals surface area contributed by atoms with Crippen LogP contribution in [0.3, 0.4) is 0 Å². The Morgan fingerprint density at radius 2 is 1.74 bits per heavy atom. The highest BCUT2D eigenvalue weighted by Gasteiger charge is 2.48. The van der Waals surface area contributed by atoms with Gasteiger partial charge in [-0.05, 0) is 30.0 Å². The number of alkyl halides is 3. The molecule has 0 fully saturated rings. The first kappa shape index (κ1) is 15.8. The highest BCUT2D eigenvalue weighted by molar-refractivity contribution is 7.87. The van der Waals surface area contributed by atoms with Crippen LogP contribution in [0.25, 0.3) is 0 Å². The van der Waals surface area contributed by atoms with Crippen molar-refractivity contribution in [2.75, 3.05) is 0 Å². The Morgan fingerprint density at radius 1 is 1.21 bits per heavy atom. The lowest BCUT2D eigenvalue weighted by Gasteiger charge is -2.11. The maximum Gasteiger partial charge on any atom is 0.534 e. The highest BCUT2D eigenvalue weighted by atomic mass is 32.2. The molecule has 108 valence electrons. The fraction of sp³-hybridized carbons (Fsp3) is 0.500. The molecule has 0 aromatic heterocycles. The van der Waals surface area contributed by atoms with Crippen molar-refractivity contribution in [3.05, 3.63) is 29.8 Å². The zero-order valence-corrected chi connectivity index (χ0v) is 11.4. The molecule has 0 aliphatic rings. The molecule has 1 unspecified atom stereocenters. The molecule has 0 saturated heterocycles. The largest absolute Gasteiger partial charge is 0.534 e. The van der Waals surface area contributed by atoms with E-state index in [2.05, 4.69) is 11.1 Å². The minimum atomic E-state index is -5.59. The van der Waals surface area contributed by atoms with Gasteiger partial charge in [0.25, 0.3) is 0 Å². The summed E-state index contributed by atoms with van der Waals surface area (Å²) in [6.45, 7) is 4.09. The lowest BCUT2D eigenvalue weighted by atomic mass is 9.99. The number of rotatable bonds is 5. The summed E-state index contributed by atoms with van der Waals surface area (Å²) in [5, 5.41) is 0. The molecule has 1 aromatic carbocycles. The molecule has 1 rings (SSSR count). The van der Waals surface area contributed by atoms with Crippen LogP contribution in [0.2, 0.25) is 0 Å². The highest BCUT2D eigenvalue weighted by Crippen LogP contribution is 2.27. The van der Waals surface area contributed by atoms with Crippen LogP contribution in [0.15, 0.2) is 24.3 Å². The molecule has 0 N–H and O–H groups in total. The lowest BCUT2D eigenvalue weighted by Crippen LogP contribution is -2.28. The number of benzene rings is 1. The van der Waals surface area contributed by atoms with Crippen molar-refractivity contribution in [3.8, 4) is 5.75 Å². The Kier molecular flexibility index (Phi) is 4.84. The molecular formula is C12H15F3O3S. The first-order valence-electron chi connectivity index (χ1n) is 5.75. The molecule has 0 amide bonds. The minimum absolute atomic E-state index is 0.342. The van der Waals surface area contributed by atoms with Crippen molar-refractivity contribution >= 4 is 10.1 Å². The predicted octanol–water partition coefficient (Wildman–Crippen LogP) is 3.50. The average Bonchev–Trinajstić information content (AvgIpc) is 2.29. The van der Waals surface area contributed by atoms with E-state index in [9.17, 15) is 21.6 Å². The van der Waals surface area contributed by atoms with E-state index >= 15 is 0 Å². The molecule has 0 radical (unpaired) electrons. The SMILES string of the molecule is CCC(C)Cc1ccc(OS(=O)(=O)C(F)(F)F)cc1. The lowest BCUT2D eigenvalue weighted by molar-refractivity contribution is -0.0500. The number of hydrogen-bond acceptors (Lipinski definition) is 3. The fourth-order valence-corrected chi connectivity index (χ4v) is 1.86. The maximum absolute atomic E-state index is 12.1. The van der Waals surface area contributed by atoms with Gasteiger partial charge in [0, 0.05) is 0 Å². The summed E-state index contributed by atoms with van der Waals surface area (Å²) in [5.41, 5.74) is -4.49. The van der Waals surface area contributed by atoms with Gasteiger partial charge < -0.3 is 4.18 Å². The summed E-state index contributed by atoms with van der Waals surface area (Å²) < 4.78 is 61.9. The zero-order valence-electron chi connectivity index (χ0n) is 10.6. The van der Waals surface area contributed by atoms with Gasteiger partial charge in [0.15, 0.2) is 0 Å². The monoisotopic (exact) mass is 296 g/mol. The van der Waals surface area contributed by atoms with Crippen LogP contribution in [0.5, 0.6) is 5.75 Å². The summed E-state index contributed by atoms with van der Waals surface area (Å²) in [4.78, 5) is 0. The molecule has 0 heterocycles. The predicted molar refractivity (Wildman–Crippen MR) is 65.2 cm³/mol. The van der Waals surface area contributed by atoms with Crippen molar-refractivity contribution in [1.82, 2.24) is 0 Å². The minimum Gasteiger partial charge on any atom is -0.376 e. The van der Waals surface area contributed by atoms with Gasteiger partial charge in [-0.1, -0.05) is 32.4 Å². The van der Waals surface area contributed by atoms with E-state index < -0.39 is 15.6 Å². The van der Waals surface area contributed by atoms with Crippen LogP contribution < -0.4 is 4.18 Å². The van der Waals surface area contributed by atoms with Gasteiger partial charge in [0.05, 0.1) is 0 Å². The molecule has 0 aliphatic heterocycles. The van der Waals surface area contributed by atoms with Crippen LogP contribution in [0.4, 0.5) is 13.2 Å². The Bertz CT molecular complexity index is 506. The van der Waals surface area contributed by atoms with Gasteiger partial charge in [0.2, 0.25) is 0 Å². The zero-order chi connectivity index (χ0) is 14.7. The smallest absolute Gasteiger partial charge is 0.376 e. The quantitative estimate of drug-likeness (QED) is 0.617. The van der Waals surface area contributed by atoms with Gasteiger partial charge in [0.1, 0.15) is 5.75 Å². The fourth-order valence-electron chi connectivity index (χ4n) is 1.40. The first-order valence-corrected chi connectivity index (χ1v) is 7.16. The summed E-state index contributed by atoms with van der Waals surface area (Å²) in [5.74, 6) is 0.107. The summed E-state index contributed by atoms with van der Waals surface area (Å²) in [6.07, 6.45) is 1.77. The maximum atomic E-state index is 12.1. The van der Waals surface area contributed by atoms with Crippen LogP contribution in [-0.4, -0.2) is 13.9 Å². The normalized spacial score (nSPS) is 14.2.